The Bertz CT molecular complexity index is 1410. The third-order valence-corrected chi connectivity index (χ3v) is 7.22. The van der Waals surface area contributed by atoms with Gasteiger partial charge >= 0.3 is 12.1 Å². The van der Waals surface area contributed by atoms with Crippen molar-refractivity contribution < 1.29 is 32.5 Å². The van der Waals surface area contributed by atoms with Crippen molar-refractivity contribution in [2.75, 3.05) is 6.61 Å². The Kier molecular flexibility index (Phi) is 7.09. The first-order valence-electron chi connectivity index (χ1n) is 13.2. The summed E-state index contributed by atoms with van der Waals surface area (Å²) in [5.41, 5.74) is -0.160. The van der Waals surface area contributed by atoms with E-state index in [0.29, 0.717) is 29.7 Å². The van der Waals surface area contributed by atoms with E-state index in [2.05, 4.69) is 0 Å². The van der Waals surface area contributed by atoms with Crippen molar-refractivity contribution >= 4 is 11.5 Å². The third kappa shape index (κ3) is 5.75. The highest BCUT2D eigenvalue weighted by Crippen LogP contribution is 2.47. The maximum Gasteiger partial charge on any atom is 0.416 e. The Morgan fingerprint density at radius 2 is 1.90 bits per heavy atom. The number of halogens is 3. The second kappa shape index (κ2) is 10.1. The maximum atomic E-state index is 14.5. The maximum absolute atomic E-state index is 14.5. The number of alkyl halides is 3. The molecule has 2 aliphatic carbocycles. The van der Waals surface area contributed by atoms with Crippen LogP contribution in [0, 0.1) is 0 Å². The van der Waals surface area contributed by atoms with Crippen LogP contribution < -0.4 is 5.56 Å². The van der Waals surface area contributed by atoms with E-state index < -0.39 is 35.0 Å². The minimum Gasteiger partial charge on any atom is -0.479 e. The van der Waals surface area contributed by atoms with Gasteiger partial charge in [-0.3, -0.25) is 4.79 Å². The van der Waals surface area contributed by atoms with Crippen LogP contribution in [0.5, 0.6) is 0 Å². The molecule has 3 aliphatic rings. The number of hydrogen-bond donors (Lipinski definition) is 1. The molecule has 9 heteroatoms. The largest absolute Gasteiger partial charge is 0.479 e. The zero-order valence-corrected chi connectivity index (χ0v) is 22.2. The molecule has 1 saturated heterocycles. The van der Waals surface area contributed by atoms with Crippen LogP contribution in [-0.2, 0) is 20.4 Å². The summed E-state index contributed by atoms with van der Waals surface area (Å²) in [6, 6.07) is 5.35. The summed E-state index contributed by atoms with van der Waals surface area (Å²) in [4.78, 5) is 25.1. The second-order valence-corrected chi connectivity index (χ2v) is 11.4. The zero-order chi connectivity index (χ0) is 28.1. The van der Waals surface area contributed by atoms with Gasteiger partial charge in [0, 0.05) is 30.5 Å². The summed E-state index contributed by atoms with van der Waals surface area (Å²) in [6.07, 6.45) is 2.19. The summed E-state index contributed by atoms with van der Waals surface area (Å²) in [5.74, 6) is -1.51. The summed E-state index contributed by atoms with van der Waals surface area (Å²) >= 11 is 0. The summed E-state index contributed by atoms with van der Waals surface area (Å²) in [5, 5.41) is 10.2. The molecule has 39 heavy (non-hydrogen) atoms. The zero-order valence-electron chi connectivity index (χ0n) is 22.2. The standard InChI is InChI=1S/C30H32F3NO5/c1-29(2,3)39-27(28(36)37)26-22(30(31,32)33)11-10-21(19-7-13-24(35)34(16-19)20-8-9-20)25(26)18-6-12-23-17(15-18)5-4-14-38-23/h6-7,10-11,13,15-16,20,23,27H,4-5,8-9,12,14H2,1-3H3,(H,36,37). The number of ether oxygens (including phenoxy) is 2. The average Bonchev–Trinajstić information content (AvgIpc) is 3.71. The summed E-state index contributed by atoms with van der Waals surface area (Å²) in [7, 11) is 0. The van der Waals surface area contributed by atoms with E-state index in [4.69, 9.17) is 9.47 Å². The molecule has 0 radical (unpaired) electrons. The number of carbonyl (C=O) groups is 1. The van der Waals surface area contributed by atoms with Gasteiger partial charge in [0.15, 0.2) is 6.10 Å². The number of aromatic nitrogens is 1. The molecule has 1 aliphatic heterocycles. The van der Waals surface area contributed by atoms with Crippen LogP contribution in [0.15, 0.2) is 53.0 Å². The van der Waals surface area contributed by atoms with Crippen LogP contribution in [0.1, 0.15) is 81.7 Å². The topological polar surface area (TPSA) is 77.8 Å². The number of aliphatic carboxylic acids is 1. The van der Waals surface area contributed by atoms with Gasteiger partial charge < -0.3 is 19.1 Å². The molecule has 5 rings (SSSR count). The molecule has 208 valence electrons. The van der Waals surface area contributed by atoms with Crippen molar-refractivity contribution in [1.29, 1.82) is 0 Å². The first-order valence-corrected chi connectivity index (χ1v) is 13.2. The quantitative estimate of drug-likeness (QED) is 0.439. The Labute approximate surface area is 224 Å². The fraction of sp³-hybridized carbons (Fsp3) is 0.467. The minimum absolute atomic E-state index is 0.0574. The van der Waals surface area contributed by atoms with Crippen molar-refractivity contribution in [3.63, 3.8) is 0 Å². The number of fused-ring (bicyclic) bond motifs is 1. The molecule has 2 fully saturated rings. The molecule has 2 aromatic rings. The Balaban J connectivity index is 1.82. The van der Waals surface area contributed by atoms with E-state index in [-0.39, 0.29) is 23.3 Å². The molecule has 1 aromatic carbocycles. The summed E-state index contributed by atoms with van der Waals surface area (Å²) in [6.45, 7) is 5.44. The predicted octanol–water partition coefficient (Wildman–Crippen LogP) is 6.70. The third-order valence-electron chi connectivity index (χ3n) is 7.22. The van der Waals surface area contributed by atoms with E-state index in [0.717, 1.165) is 37.3 Å². The Morgan fingerprint density at radius 1 is 1.15 bits per heavy atom. The smallest absolute Gasteiger partial charge is 0.416 e. The van der Waals surface area contributed by atoms with Gasteiger partial charge in [0.05, 0.1) is 17.3 Å². The lowest BCUT2D eigenvalue weighted by molar-refractivity contribution is -0.163. The van der Waals surface area contributed by atoms with Crippen LogP contribution in [0.25, 0.3) is 16.7 Å². The molecule has 2 unspecified atom stereocenters. The van der Waals surface area contributed by atoms with Crippen LogP contribution in [0.2, 0.25) is 0 Å². The van der Waals surface area contributed by atoms with Gasteiger partial charge in [-0.15, -0.1) is 0 Å². The number of rotatable bonds is 6. The number of carboxylic acid groups (broad SMARTS) is 1. The molecule has 0 amide bonds. The van der Waals surface area contributed by atoms with E-state index >= 15 is 0 Å². The highest BCUT2D eigenvalue weighted by molar-refractivity contribution is 5.91. The minimum atomic E-state index is -4.83. The van der Waals surface area contributed by atoms with Gasteiger partial charge in [-0.05, 0) is 92.8 Å². The second-order valence-electron chi connectivity index (χ2n) is 11.4. The number of nitrogens with zero attached hydrogens (tertiary/aromatic N) is 1. The molecular formula is C30H32F3NO5. The van der Waals surface area contributed by atoms with Crippen LogP contribution >= 0.6 is 0 Å². The lowest BCUT2D eigenvalue weighted by atomic mass is 9.81. The van der Waals surface area contributed by atoms with Crippen molar-refractivity contribution in [3.05, 3.63) is 75.2 Å². The highest BCUT2D eigenvalue weighted by Gasteiger charge is 2.42. The monoisotopic (exact) mass is 543 g/mol. The van der Waals surface area contributed by atoms with E-state index in [9.17, 15) is 27.9 Å². The average molecular weight is 544 g/mol. The lowest BCUT2D eigenvalue weighted by Gasteiger charge is -2.32. The van der Waals surface area contributed by atoms with Crippen molar-refractivity contribution in [2.24, 2.45) is 0 Å². The molecule has 1 N–H and O–H groups in total. The molecule has 0 bridgehead atoms. The SMILES string of the molecule is CC(C)(C)OC(C(=O)O)c1c(C(F)(F)F)ccc(-c2ccc(=O)n(C3CC3)c2)c1C1=CCC2OCCCC2=C1. The van der Waals surface area contributed by atoms with Gasteiger partial charge in [-0.25, -0.2) is 4.79 Å². The lowest BCUT2D eigenvalue weighted by Crippen LogP contribution is -2.30. The molecule has 0 spiro atoms. The fourth-order valence-electron chi connectivity index (χ4n) is 5.40. The first-order chi connectivity index (χ1) is 18.3. The molecule has 2 atom stereocenters. The van der Waals surface area contributed by atoms with Gasteiger partial charge in [0.1, 0.15) is 0 Å². The van der Waals surface area contributed by atoms with Crippen LogP contribution in [0.4, 0.5) is 13.2 Å². The number of hydrogen-bond acceptors (Lipinski definition) is 4. The number of allylic oxidation sites excluding steroid dienone is 2. The molecule has 1 saturated carbocycles. The van der Waals surface area contributed by atoms with Crippen LogP contribution in [0.3, 0.4) is 0 Å². The van der Waals surface area contributed by atoms with Crippen molar-refractivity contribution in [3.8, 4) is 11.1 Å². The fourth-order valence-corrected chi connectivity index (χ4v) is 5.40. The molecule has 6 nitrogen and oxygen atoms in total. The molecule has 1 aromatic heterocycles. The Hall–Kier alpha value is -3.17. The van der Waals surface area contributed by atoms with E-state index in [1.54, 1.807) is 37.6 Å². The normalized spacial score (nSPS) is 20.6. The van der Waals surface area contributed by atoms with E-state index in [1.807, 2.05) is 12.2 Å². The number of pyridine rings is 1. The predicted molar refractivity (Wildman–Crippen MR) is 140 cm³/mol. The van der Waals surface area contributed by atoms with Crippen molar-refractivity contribution in [1.82, 2.24) is 4.57 Å². The van der Waals surface area contributed by atoms with Gasteiger partial charge in [-0.2, -0.15) is 13.2 Å². The highest BCUT2D eigenvalue weighted by atomic mass is 19.4. The Morgan fingerprint density at radius 3 is 2.54 bits per heavy atom. The number of benzene rings is 1. The van der Waals surface area contributed by atoms with E-state index in [1.165, 1.54) is 12.1 Å². The van der Waals surface area contributed by atoms with Crippen molar-refractivity contribution in [2.45, 2.75) is 82.9 Å². The first kappa shape index (κ1) is 27.4. The molecular weight excluding hydrogens is 511 g/mol. The van der Waals surface area contributed by atoms with Gasteiger partial charge in [0.25, 0.3) is 5.56 Å². The van der Waals surface area contributed by atoms with Gasteiger partial charge in [0.2, 0.25) is 0 Å². The number of carboxylic acids is 1. The molecule has 2 heterocycles. The van der Waals surface area contributed by atoms with Gasteiger partial charge in [-0.1, -0.05) is 18.2 Å². The van der Waals surface area contributed by atoms with Crippen LogP contribution in [-0.4, -0.2) is 34.0 Å². The summed E-state index contributed by atoms with van der Waals surface area (Å²) < 4.78 is 56.9.